The van der Waals surface area contributed by atoms with Gasteiger partial charge in [-0.3, -0.25) is 4.68 Å². The number of nitrogens with one attached hydrogen (secondary N) is 1. The molecule has 0 spiro atoms. The predicted molar refractivity (Wildman–Crippen MR) is 69.9 cm³/mol. The van der Waals surface area contributed by atoms with E-state index in [1.165, 1.54) is 5.69 Å². The van der Waals surface area contributed by atoms with Crippen LogP contribution in [0.2, 0.25) is 0 Å². The van der Waals surface area contributed by atoms with Gasteiger partial charge in [0.2, 0.25) is 0 Å². The zero-order chi connectivity index (χ0) is 12.1. The Morgan fingerprint density at radius 2 is 1.94 bits per heavy atom. The Morgan fingerprint density at radius 3 is 2.44 bits per heavy atom. The van der Waals surface area contributed by atoms with Gasteiger partial charge in [0.15, 0.2) is 0 Å². The van der Waals surface area contributed by atoms with Crippen LogP contribution in [0.3, 0.4) is 0 Å². The fraction of sp³-hybridized carbons (Fsp3) is 0.769. The molecule has 0 saturated heterocycles. The molecule has 0 amide bonds. The molecule has 1 aromatic rings. The molecule has 0 radical (unpaired) electrons. The van der Waals surface area contributed by atoms with Gasteiger partial charge in [0.05, 0.1) is 6.04 Å². The van der Waals surface area contributed by atoms with Crippen molar-refractivity contribution in [3.8, 4) is 0 Å². The van der Waals surface area contributed by atoms with Crippen molar-refractivity contribution in [2.24, 2.45) is 5.92 Å². The third-order valence-corrected chi connectivity index (χ3v) is 2.90. The quantitative estimate of drug-likeness (QED) is 0.798. The molecule has 0 aromatic carbocycles. The Bertz CT molecular complexity index is 311. The molecule has 0 aliphatic carbocycles. The van der Waals surface area contributed by atoms with Gasteiger partial charge in [-0.05, 0) is 25.7 Å². The molecule has 0 unspecified atom stereocenters. The number of hydrogen-bond donors (Lipinski definition) is 1. The molecular formula is C13H25N3. The van der Waals surface area contributed by atoms with Gasteiger partial charge in [-0.15, -0.1) is 0 Å². The molecule has 0 aliphatic heterocycles. The summed E-state index contributed by atoms with van der Waals surface area (Å²) >= 11 is 0. The average molecular weight is 223 g/mol. The molecular weight excluding hydrogens is 198 g/mol. The first-order chi connectivity index (χ1) is 7.58. The van der Waals surface area contributed by atoms with Gasteiger partial charge in [-0.2, -0.15) is 5.10 Å². The van der Waals surface area contributed by atoms with Crippen LogP contribution < -0.4 is 5.32 Å². The fourth-order valence-electron chi connectivity index (χ4n) is 1.89. The SMILES string of the molecule is CCC(CC)n1nc(NCC(C)C)cc1C. The molecule has 0 fully saturated rings. The van der Waals surface area contributed by atoms with Gasteiger partial charge >= 0.3 is 0 Å². The van der Waals surface area contributed by atoms with Gasteiger partial charge in [0.1, 0.15) is 5.82 Å². The Balaban J connectivity index is 2.72. The molecule has 1 rings (SSSR count). The monoisotopic (exact) mass is 223 g/mol. The second-order valence-corrected chi connectivity index (χ2v) is 4.86. The average Bonchev–Trinajstić information content (AvgIpc) is 2.59. The van der Waals surface area contributed by atoms with Crippen LogP contribution in [0.25, 0.3) is 0 Å². The van der Waals surface area contributed by atoms with E-state index in [9.17, 15) is 0 Å². The molecule has 1 heterocycles. The Morgan fingerprint density at radius 1 is 1.31 bits per heavy atom. The summed E-state index contributed by atoms with van der Waals surface area (Å²) in [5.41, 5.74) is 1.25. The molecule has 16 heavy (non-hydrogen) atoms. The Hall–Kier alpha value is -0.990. The highest BCUT2D eigenvalue weighted by atomic mass is 15.3. The van der Waals surface area contributed by atoms with Crippen LogP contribution >= 0.6 is 0 Å². The summed E-state index contributed by atoms with van der Waals surface area (Å²) in [6.45, 7) is 12.0. The standard InChI is InChI=1S/C13H25N3/c1-6-12(7-2)16-11(5)8-13(15-16)14-9-10(3)4/h8,10,12H,6-7,9H2,1-5H3,(H,14,15). The van der Waals surface area contributed by atoms with E-state index in [4.69, 9.17) is 0 Å². The van der Waals surface area contributed by atoms with Gasteiger partial charge in [0.25, 0.3) is 0 Å². The normalized spacial score (nSPS) is 11.4. The van der Waals surface area contributed by atoms with E-state index >= 15 is 0 Å². The topological polar surface area (TPSA) is 29.9 Å². The zero-order valence-electron chi connectivity index (χ0n) is 11.2. The number of aromatic nitrogens is 2. The van der Waals surface area contributed by atoms with E-state index in [1.54, 1.807) is 0 Å². The first-order valence-corrected chi connectivity index (χ1v) is 6.38. The molecule has 3 nitrogen and oxygen atoms in total. The van der Waals surface area contributed by atoms with Gasteiger partial charge < -0.3 is 5.32 Å². The van der Waals surface area contributed by atoms with Crippen molar-refractivity contribution >= 4 is 5.82 Å². The van der Waals surface area contributed by atoms with E-state index in [1.807, 2.05) is 0 Å². The van der Waals surface area contributed by atoms with Crippen molar-refractivity contribution in [3.63, 3.8) is 0 Å². The van der Waals surface area contributed by atoms with Crippen LogP contribution in [0.1, 0.15) is 52.3 Å². The summed E-state index contributed by atoms with van der Waals surface area (Å²) in [7, 11) is 0. The van der Waals surface area contributed by atoms with Crippen molar-refractivity contribution in [2.45, 2.75) is 53.5 Å². The highest BCUT2D eigenvalue weighted by Gasteiger charge is 2.11. The summed E-state index contributed by atoms with van der Waals surface area (Å²) in [5.74, 6) is 1.66. The maximum Gasteiger partial charge on any atom is 0.148 e. The largest absolute Gasteiger partial charge is 0.368 e. The van der Waals surface area contributed by atoms with Crippen molar-refractivity contribution in [1.82, 2.24) is 9.78 Å². The van der Waals surface area contributed by atoms with Crippen LogP contribution in [-0.4, -0.2) is 16.3 Å². The number of anilines is 1. The lowest BCUT2D eigenvalue weighted by Gasteiger charge is -2.14. The molecule has 1 aromatic heterocycles. The van der Waals surface area contributed by atoms with E-state index in [0.29, 0.717) is 12.0 Å². The van der Waals surface area contributed by atoms with Crippen molar-refractivity contribution in [1.29, 1.82) is 0 Å². The molecule has 0 atom stereocenters. The van der Waals surface area contributed by atoms with Gasteiger partial charge in [-0.25, -0.2) is 0 Å². The summed E-state index contributed by atoms with van der Waals surface area (Å²) in [5, 5.41) is 8.01. The van der Waals surface area contributed by atoms with Crippen LogP contribution in [0, 0.1) is 12.8 Å². The second-order valence-electron chi connectivity index (χ2n) is 4.86. The van der Waals surface area contributed by atoms with Crippen molar-refractivity contribution < 1.29 is 0 Å². The first-order valence-electron chi connectivity index (χ1n) is 6.38. The fourth-order valence-corrected chi connectivity index (χ4v) is 1.89. The lowest BCUT2D eigenvalue weighted by molar-refractivity contribution is 0.421. The number of aryl methyl sites for hydroxylation is 1. The highest BCUT2D eigenvalue weighted by Crippen LogP contribution is 2.19. The predicted octanol–water partition coefficient (Wildman–Crippen LogP) is 3.62. The summed E-state index contributed by atoms with van der Waals surface area (Å²) in [4.78, 5) is 0. The van der Waals surface area contributed by atoms with Gasteiger partial charge in [0, 0.05) is 18.3 Å². The number of hydrogen-bond acceptors (Lipinski definition) is 2. The highest BCUT2D eigenvalue weighted by molar-refractivity contribution is 5.35. The van der Waals surface area contributed by atoms with Crippen LogP contribution in [0.5, 0.6) is 0 Å². The minimum Gasteiger partial charge on any atom is -0.368 e. The van der Waals surface area contributed by atoms with Crippen LogP contribution in [0.15, 0.2) is 6.07 Å². The van der Waals surface area contributed by atoms with Crippen LogP contribution in [-0.2, 0) is 0 Å². The molecule has 0 aliphatic rings. The molecule has 3 heteroatoms. The third-order valence-electron chi connectivity index (χ3n) is 2.90. The van der Waals surface area contributed by atoms with E-state index in [0.717, 1.165) is 25.2 Å². The molecule has 0 saturated carbocycles. The summed E-state index contributed by atoms with van der Waals surface area (Å²) in [6, 6.07) is 2.68. The molecule has 0 bridgehead atoms. The third kappa shape index (κ3) is 3.26. The van der Waals surface area contributed by atoms with E-state index < -0.39 is 0 Å². The van der Waals surface area contributed by atoms with Crippen molar-refractivity contribution in [3.05, 3.63) is 11.8 Å². The van der Waals surface area contributed by atoms with Crippen LogP contribution in [0.4, 0.5) is 5.82 Å². The Kier molecular flexibility index (Phi) is 4.84. The van der Waals surface area contributed by atoms with Gasteiger partial charge in [-0.1, -0.05) is 27.7 Å². The maximum atomic E-state index is 4.63. The minimum atomic E-state index is 0.537. The number of rotatable bonds is 6. The maximum absolute atomic E-state index is 4.63. The molecule has 1 N–H and O–H groups in total. The minimum absolute atomic E-state index is 0.537. The lowest BCUT2D eigenvalue weighted by Crippen LogP contribution is -2.12. The summed E-state index contributed by atoms with van der Waals surface area (Å²) in [6.07, 6.45) is 2.28. The lowest BCUT2D eigenvalue weighted by atomic mass is 10.2. The zero-order valence-corrected chi connectivity index (χ0v) is 11.2. The Labute approximate surface area is 99.2 Å². The molecule has 92 valence electrons. The first kappa shape index (κ1) is 13.1. The smallest absolute Gasteiger partial charge is 0.148 e. The van der Waals surface area contributed by atoms with E-state index in [2.05, 4.69) is 55.8 Å². The number of nitrogens with zero attached hydrogens (tertiary/aromatic N) is 2. The van der Waals surface area contributed by atoms with Crippen molar-refractivity contribution in [2.75, 3.05) is 11.9 Å². The summed E-state index contributed by atoms with van der Waals surface area (Å²) < 4.78 is 2.16. The van der Waals surface area contributed by atoms with E-state index in [-0.39, 0.29) is 0 Å². The second kappa shape index (κ2) is 5.92.